The normalized spacial score (nSPS) is 12.3. The lowest BCUT2D eigenvalue weighted by Crippen LogP contribution is -2.14. The number of anilines is 1. The minimum atomic E-state index is -0.544. The van der Waals surface area contributed by atoms with Crippen LogP contribution in [0.4, 0.5) is 5.13 Å². The minimum absolute atomic E-state index is 0.0268. The van der Waals surface area contributed by atoms with E-state index in [1.54, 1.807) is 30.8 Å². The molecular formula is C23H25N5O4S. The van der Waals surface area contributed by atoms with Crippen LogP contribution >= 0.6 is 11.3 Å². The monoisotopic (exact) mass is 467 g/mol. The van der Waals surface area contributed by atoms with Crippen molar-refractivity contribution in [2.24, 2.45) is 0 Å². The summed E-state index contributed by atoms with van der Waals surface area (Å²) in [7, 11) is 2.96. The summed E-state index contributed by atoms with van der Waals surface area (Å²) in [6, 6.07) is 5.66. The Labute approximate surface area is 195 Å². The molecule has 10 heteroatoms. The highest BCUT2D eigenvalue weighted by Gasteiger charge is 2.17. The molecule has 3 heterocycles. The second kappa shape index (κ2) is 10.3. The van der Waals surface area contributed by atoms with Crippen molar-refractivity contribution in [2.75, 3.05) is 26.1 Å². The average molecular weight is 468 g/mol. The molecule has 0 saturated heterocycles. The molecule has 3 aromatic rings. The molecular weight excluding hydrogens is 442 g/mol. The first kappa shape index (κ1) is 24.0. The number of H-pyrrole nitrogens is 1. The molecule has 0 spiro atoms. The molecule has 1 atom stereocenters. The first-order valence-corrected chi connectivity index (χ1v) is 11.0. The summed E-state index contributed by atoms with van der Waals surface area (Å²) in [6.07, 6.45) is 3.21. The number of nitrogens with zero attached hydrogens (tertiary/aromatic N) is 3. The van der Waals surface area contributed by atoms with E-state index in [-0.39, 0.29) is 11.6 Å². The van der Waals surface area contributed by atoms with Crippen LogP contribution in [0.3, 0.4) is 0 Å². The molecule has 0 fully saturated rings. The molecule has 0 saturated carbocycles. The molecule has 0 aliphatic rings. The predicted molar refractivity (Wildman–Crippen MR) is 126 cm³/mol. The summed E-state index contributed by atoms with van der Waals surface area (Å²) >= 11 is 1.22. The smallest absolute Gasteiger partial charge is 0.354 e. The third-order valence-corrected chi connectivity index (χ3v) is 5.90. The summed E-state index contributed by atoms with van der Waals surface area (Å²) < 4.78 is 12.1. The summed E-state index contributed by atoms with van der Waals surface area (Å²) in [4.78, 5) is 31.6. The fourth-order valence-corrected chi connectivity index (χ4v) is 4.36. The first-order chi connectivity index (χ1) is 15.8. The summed E-state index contributed by atoms with van der Waals surface area (Å²) in [5.41, 5.74) is 4.30. The molecule has 3 aromatic heterocycles. The highest BCUT2D eigenvalue weighted by molar-refractivity contribution is 7.14. The maximum absolute atomic E-state index is 12.7. The number of aromatic nitrogens is 3. The van der Waals surface area contributed by atoms with Gasteiger partial charge in [0.05, 0.1) is 25.5 Å². The SMILES string of the molecule is COCC(C)n1c(C)cc(/C=C(/C#N)C(=O)Nc2nc(-c3c[nH]c(C(=O)OC)c3)cs2)c1C. The Morgan fingerprint density at radius 3 is 2.79 bits per heavy atom. The molecule has 0 aliphatic carbocycles. The topological polar surface area (TPSA) is 122 Å². The Kier molecular flexibility index (Phi) is 7.48. The van der Waals surface area contributed by atoms with Gasteiger partial charge in [0.2, 0.25) is 0 Å². The number of rotatable bonds is 8. The van der Waals surface area contributed by atoms with Crippen LogP contribution in [0.5, 0.6) is 0 Å². The van der Waals surface area contributed by atoms with E-state index in [1.807, 2.05) is 32.9 Å². The Hall–Kier alpha value is -3.68. The van der Waals surface area contributed by atoms with E-state index >= 15 is 0 Å². The quantitative estimate of drug-likeness (QED) is 0.292. The van der Waals surface area contributed by atoms with Gasteiger partial charge < -0.3 is 19.0 Å². The highest BCUT2D eigenvalue weighted by Crippen LogP contribution is 2.27. The number of carbonyl (C=O) groups excluding carboxylic acids is 2. The van der Waals surface area contributed by atoms with Gasteiger partial charge in [0, 0.05) is 35.6 Å². The fraction of sp³-hybridized carbons (Fsp3) is 0.304. The zero-order chi connectivity index (χ0) is 24.1. The van der Waals surface area contributed by atoms with E-state index in [4.69, 9.17) is 4.74 Å². The molecule has 0 radical (unpaired) electrons. The number of esters is 1. The van der Waals surface area contributed by atoms with Gasteiger partial charge in [-0.05, 0) is 44.5 Å². The van der Waals surface area contributed by atoms with Crippen molar-refractivity contribution in [3.05, 3.63) is 51.9 Å². The number of hydrogen-bond acceptors (Lipinski definition) is 7. The number of thiazole rings is 1. The third kappa shape index (κ3) is 5.22. The maximum Gasteiger partial charge on any atom is 0.354 e. The Morgan fingerprint density at radius 2 is 2.12 bits per heavy atom. The molecule has 3 rings (SSSR count). The predicted octanol–water partition coefficient (Wildman–Crippen LogP) is 4.10. The summed E-state index contributed by atoms with van der Waals surface area (Å²) in [5, 5.41) is 14.4. The molecule has 2 N–H and O–H groups in total. The molecule has 0 bridgehead atoms. The van der Waals surface area contributed by atoms with Crippen LogP contribution < -0.4 is 5.32 Å². The standard InChI is InChI=1S/C23H25N5O4S/c1-13-6-16(15(3)28(13)14(2)11-31-4)7-17(9-24)21(29)27-23-26-20(12-33-23)18-8-19(25-10-18)22(30)32-5/h6-8,10,12,14,25H,11H2,1-5H3,(H,26,27,29)/b17-7-. The van der Waals surface area contributed by atoms with E-state index in [9.17, 15) is 14.9 Å². The van der Waals surface area contributed by atoms with Crippen LogP contribution in [0.25, 0.3) is 17.3 Å². The lowest BCUT2D eigenvalue weighted by atomic mass is 10.1. The van der Waals surface area contributed by atoms with Crippen LogP contribution in [0.15, 0.2) is 29.3 Å². The number of methoxy groups -OCH3 is 2. The van der Waals surface area contributed by atoms with E-state index in [2.05, 4.69) is 24.6 Å². The van der Waals surface area contributed by atoms with Crippen LogP contribution in [0, 0.1) is 25.2 Å². The lowest BCUT2D eigenvalue weighted by Gasteiger charge is -2.17. The number of aromatic amines is 1. The molecule has 0 aliphatic heterocycles. The van der Waals surface area contributed by atoms with Crippen molar-refractivity contribution < 1.29 is 19.1 Å². The number of nitriles is 1. The number of amides is 1. The van der Waals surface area contributed by atoms with Gasteiger partial charge in [0.25, 0.3) is 5.91 Å². The van der Waals surface area contributed by atoms with Gasteiger partial charge in [-0.3, -0.25) is 10.1 Å². The fourth-order valence-electron chi connectivity index (χ4n) is 3.65. The van der Waals surface area contributed by atoms with Gasteiger partial charge in [-0.15, -0.1) is 11.3 Å². The molecule has 33 heavy (non-hydrogen) atoms. The van der Waals surface area contributed by atoms with Crippen molar-refractivity contribution in [1.29, 1.82) is 5.26 Å². The van der Waals surface area contributed by atoms with E-state index < -0.39 is 11.9 Å². The number of ether oxygens (including phenoxy) is 2. The van der Waals surface area contributed by atoms with Gasteiger partial charge in [0.15, 0.2) is 5.13 Å². The maximum atomic E-state index is 12.7. The van der Waals surface area contributed by atoms with Crippen LogP contribution in [-0.4, -0.2) is 47.2 Å². The summed E-state index contributed by atoms with van der Waals surface area (Å²) in [5.74, 6) is -1.03. The average Bonchev–Trinajstić information content (AvgIpc) is 3.51. The van der Waals surface area contributed by atoms with E-state index in [0.717, 1.165) is 17.0 Å². The van der Waals surface area contributed by atoms with Gasteiger partial charge >= 0.3 is 5.97 Å². The van der Waals surface area contributed by atoms with Gasteiger partial charge in [-0.25, -0.2) is 9.78 Å². The summed E-state index contributed by atoms with van der Waals surface area (Å²) in [6.45, 7) is 6.53. The Morgan fingerprint density at radius 1 is 1.36 bits per heavy atom. The van der Waals surface area contributed by atoms with Gasteiger partial charge in [-0.1, -0.05) is 0 Å². The molecule has 9 nitrogen and oxygen atoms in total. The largest absolute Gasteiger partial charge is 0.464 e. The van der Waals surface area contributed by atoms with Gasteiger partial charge in [0.1, 0.15) is 17.3 Å². The molecule has 0 aromatic carbocycles. The first-order valence-electron chi connectivity index (χ1n) is 10.1. The minimum Gasteiger partial charge on any atom is -0.464 e. The Bertz CT molecular complexity index is 1240. The van der Waals surface area contributed by atoms with Crippen molar-refractivity contribution in [2.45, 2.75) is 26.8 Å². The van der Waals surface area contributed by atoms with E-state index in [1.165, 1.54) is 18.4 Å². The van der Waals surface area contributed by atoms with Crippen molar-refractivity contribution >= 4 is 34.4 Å². The zero-order valence-corrected chi connectivity index (χ0v) is 19.9. The Balaban J connectivity index is 1.78. The van der Waals surface area contributed by atoms with Crippen LogP contribution in [0.2, 0.25) is 0 Å². The zero-order valence-electron chi connectivity index (χ0n) is 19.1. The second-order valence-corrected chi connectivity index (χ2v) is 8.31. The third-order valence-electron chi connectivity index (χ3n) is 5.15. The van der Waals surface area contributed by atoms with Crippen molar-refractivity contribution in [3.63, 3.8) is 0 Å². The van der Waals surface area contributed by atoms with E-state index in [0.29, 0.717) is 28.7 Å². The van der Waals surface area contributed by atoms with Crippen molar-refractivity contribution in [3.8, 4) is 17.3 Å². The molecule has 1 unspecified atom stereocenters. The van der Waals surface area contributed by atoms with Crippen LogP contribution in [0.1, 0.15) is 40.4 Å². The second-order valence-electron chi connectivity index (χ2n) is 7.46. The number of carbonyl (C=O) groups is 2. The highest BCUT2D eigenvalue weighted by atomic mass is 32.1. The number of aryl methyl sites for hydroxylation is 1. The lowest BCUT2D eigenvalue weighted by molar-refractivity contribution is -0.112. The van der Waals surface area contributed by atoms with Crippen molar-refractivity contribution in [1.82, 2.24) is 14.5 Å². The number of nitrogens with one attached hydrogen (secondary N) is 2. The molecule has 1 amide bonds. The number of hydrogen-bond donors (Lipinski definition) is 2. The van der Waals surface area contributed by atoms with Gasteiger partial charge in [-0.2, -0.15) is 5.26 Å². The van der Waals surface area contributed by atoms with Crippen LogP contribution in [-0.2, 0) is 14.3 Å². The molecule has 172 valence electrons.